The van der Waals surface area contributed by atoms with Crippen LogP contribution < -0.4 is 5.32 Å². The Morgan fingerprint density at radius 1 is 1.41 bits per heavy atom. The molecule has 6 nitrogen and oxygen atoms in total. The van der Waals surface area contributed by atoms with Gasteiger partial charge in [-0.1, -0.05) is 0 Å². The van der Waals surface area contributed by atoms with Crippen LogP contribution in [0.2, 0.25) is 0 Å². The molecule has 22 heavy (non-hydrogen) atoms. The number of carbonyl (C=O) groups excluding carboxylic acids is 1. The summed E-state index contributed by atoms with van der Waals surface area (Å²) >= 11 is 0. The molecule has 1 amide bonds. The molecular weight excluding hydrogens is 278 g/mol. The van der Waals surface area contributed by atoms with E-state index in [1.165, 1.54) is 0 Å². The summed E-state index contributed by atoms with van der Waals surface area (Å²) in [6, 6.07) is 1.97. The third kappa shape index (κ3) is 4.31. The number of amides is 1. The molecule has 0 radical (unpaired) electrons. The molecule has 0 aliphatic rings. The van der Waals surface area contributed by atoms with Crippen LogP contribution in [-0.4, -0.2) is 32.0 Å². The normalized spacial score (nSPS) is 11.2. The van der Waals surface area contributed by atoms with Gasteiger partial charge in [0.2, 0.25) is 5.91 Å². The molecule has 0 atom stereocenters. The van der Waals surface area contributed by atoms with Crippen LogP contribution in [0.1, 0.15) is 30.3 Å². The standard InChI is InChI=1S/C16H23N5O/c1-4-21-14(3)15(12-18-21)6-7-16(22)17-9-5-10-20-11-8-13(2)19-20/h6-8,11-12H,4-5,9-10H2,1-3H3,(H,17,22)/b7-6+. The van der Waals surface area contributed by atoms with Crippen molar-refractivity contribution in [1.82, 2.24) is 24.9 Å². The van der Waals surface area contributed by atoms with Gasteiger partial charge in [-0.25, -0.2) is 0 Å². The van der Waals surface area contributed by atoms with Crippen LogP contribution in [0.3, 0.4) is 0 Å². The zero-order valence-electron chi connectivity index (χ0n) is 13.4. The first-order valence-corrected chi connectivity index (χ1v) is 7.58. The summed E-state index contributed by atoms with van der Waals surface area (Å²) in [6.07, 6.45) is 7.95. The molecule has 0 aliphatic carbocycles. The van der Waals surface area contributed by atoms with Crippen LogP contribution in [0.5, 0.6) is 0 Å². The maximum atomic E-state index is 11.8. The summed E-state index contributed by atoms with van der Waals surface area (Å²) in [5.74, 6) is -0.0831. The highest BCUT2D eigenvalue weighted by atomic mass is 16.1. The molecule has 2 aromatic rings. The van der Waals surface area contributed by atoms with Gasteiger partial charge in [0.25, 0.3) is 0 Å². The Kier molecular flexibility index (Phi) is 5.52. The summed E-state index contributed by atoms with van der Waals surface area (Å²) in [6.45, 7) is 8.28. The van der Waals surface area contributed by atoms with Crippen molar-refractivity contribution in [3.05, 3.63) is 41.5 Å². The molecule has 2 aromatic heterocycles. The zero-order valence-corrected chi connectivity index (χ0v) is 13.4. The smallest absolute Gasteiger partial charge is 0.244 e. The Hall–Kier alpha value is -2.37. The molecule has 0 aromatic carbocycles. The molecule has 0 fully saturated rings. The van der Waals surface area contributed by atoms with Gasteiger partial charge in [-0.15, -0.1) is 0 Å². The van der Waals surface area contributed by atoms with E-state index in [1.54, 1.807) is 18.3 Å². The van der Waals surface area contributed by atoms with E-state index in [0.717, 1.165) is 36.5 Å². The fraction of sp³-hybridized carbons (Fsp3) is 0.438. The molecule has 0 unspecified atom stereocenters. The lowest BCUT2D eigenvalue weighted by Gasteiger charge is -2.03. The second-order valence-electron chi connectivity index (χ2n) is 5.20. The SMILES string of the molecule is CCn1ncc(/C=C/C(=O)NCCCn2ccc(C)n2)c1C. The van der Waals surface area contributed by atoms with Gasteiger partial charge in [0.05, 0.1) is 11.9 Å². The third-order valence-electron chi connectivity index (χ3n) is 3.49. The van der Waals surface area contributed by atoms with Gasteiger partial charge in [-0.05, 0) is 39.3 Å². The lowest BCUT2D eigenvalue weighted by atomic mass is 10.2. The molecule has 1 N–H and O–H groups in total. The largest absolute Gasteiger partial charge is 0.352 e. The zero-order chi connectivity index (χ0) is 15.9. The maximum Gasteiger partial charge on any atom is 0.244 e. The highest BCUT2D eigenvalue weighted by molar-refractivity contribution is 5.91. The maximum absolute atomic E-state index is 11.8. The first-order chi connectivity index (χ1) is 10.6. The first kappa shape index (κ1) is 16.0. The van der Waals surface area contributed by atoms with Crippen LogP contribution in [0.15, 0.2) is 24.5 Å². The fourth-order valence-corrected chi connectivity index (χ4v) is 2.21. The highest BCUT2D eigenvalue weighted by Gasteiger charge is 2.02. The Morgan fingerprint density at radius 2 is 2.23 bits per heavy atom. The number of hydrogen-bond acceptors (Lipinski definition) is 3. The quantitative estimate of drug-likeness (QED) is 0.628. The number of carbonyl (C=O) groups is 1. The van der Waals surface area contributed by atoms with Crippen molar-refractivity contribution < 1.29 is 4.79 Å². The lowest BCUT2D eigenvalue weighted by Crippen LogP contribution is -2.23. The Morgan fingerprint density at radius 3 is 2.86 bits per heavy atom. The molecule has 0 aliphatic heterocycles. The lowest BCUT2D eigenvalue weighted by molar-refractivity contribution is -0.116. The van der Waals surface area contributed by atoms with Gasteiger partial charge in [-0.2, -0.15) is 10.2 Å². The van der Waals surface area contributed by atoms with E-state index in [4.69, 9.17) is 0 Å². The van der Waals surface area contributed by atoms with E-state index in [1.807, 2.05) is 42.4 Å². The van der Waals surface area contributed by atoms with Crippen LogP contribution in [0, 0.1) is 13.8 Å². The summed E-state index contributed by atoms with van der Waals surface area (Å²) in [4.78, 5) is 11.8. The predicted octanol–water partition coefficient (Wildman–Crippen LogP) is 1.94. The van der Waals surface area contributed by atoms with Crippen molar-refractivity contribution in [3.8, 4) is 0 Å². The number of nitrogens with one attached hydrogen (secondary N) is 1. The van der Waals surface area contributed by atoms with E-state index in [2.05, 4.69) is 15.5 Å². The van der Waals surface area contributed by atoms with Gasteiger partial charge in [0.1, 0.15) is 0 Å². The molecule has 0 saturated carbocycles. The van der Waals surface area contributed by atoms with Crippen molar-refractivity contribution >= 4 is 12.0 Å². The fourth-order valence-electron chi connectivity index (χ4n) is 2.21. The summed E-state index contributed by atoms with van der Waals surface area (Å²) in [5, 5.41) is 11.4. The average molecular weight is 301 g/mol. The molecule has 0 spiro atoms. The molecular formula is C16H23N5O. The number of aryl methyl sites for hydroxylation is 3. The van der Waals surface area contributed by atoms with Gasteiger partial charge >= 0.3 is 0 Å². The van der Waals surface area contributed by atoms with E-state index in [9.17, 15) is 4.79 Å². The number of hydrogen-bond donors (Lipinski definition) is 1. The molecule has 2 heterocycles. The minimum Gasteiger partial charge on any atom is -0.352 e. The molecule has 6 heteroatoms. The molecule has 0 saturated heterocycles. The van der Waals surface area contributed by atoms with Gasteiger partial charge in [0.15, 0.2) is 0 Å². The summed E-state index contributed by atoms with van der Waals surface area (Å²) < 4.78 is 3.80. The van der Waals surface area contributed by atoms with Crippen molar-refractivity contribution in [1.29, 1.82) is 0 Å². The summed E-state index contributed by atoms with van der Waals surface area (Å²) in [7, 11) is 0. The van der Waals surface area contributed by atoms with Crippen LogP contribution in [0.4, 0.5) is 0 Å². The predicted molar refractivity (Wildman–Crippen MR) is 86.3 cm³/mol. The second kappa shape index (κ2) is 7.59. The summed E-state index contributed by atoms with van der Waals surface area (Å²) in [5.41, 5.74) is 3.06. The van der Waals surface area contributed by atoms with Crippen molar-refractivity contribution in [2.45, 2.75) is 40.3 Å². The minimum absolute atomic E-state index is 0.0831. The molecule has 0 bridgehead atoms. The van der Waals surface area contributed by atoms with Crippen LogP contribution >= 0.6 is 0 Å². The minimum atomic E-state index is -0.0831. The van der Waals surface area contributed by atoms with E-state index in [0.29, 0.717) is 6.54 Å². The number of aromatic nitrogens is 4. The van der Waals surface area contributed by atoms with E-state index >= 15 is 0 Å². The Balaban J connectivity index is 1.73. The van der Waals surface area contributed by atoms with E-state index < -0.39 is 0 Å². The van der Waals surface area contributed by atoms with Crippen molar-refractivity contribution in [2.24, 2.45) is 0 Å². The van der Waals surface area contributed by atoms with Crippen molar-refractivity contribution in [3.63, 3.8) is 0 Å². The van der Waals surface area contributed by atoms with Gasteiger partial charge < -0.3 is 5.32 Å². The topological polar surface area (TPSA) is 64.7 Å². The molecule has 2 rings (SSSR count). The van der Waals surface area contributed by atoms with Gasteiger partial charge in [0, 0.05) is 43.2 Å². The van der Waals surface area contributed by atoms with Gasteiger partial charge in [-0.3, -0.25) is 14.2 Å². The highest BCUT2D eigenvalue weighted by Crippen LogP contribution is 2.08. The molecule has 118 valence electrons. The number of nitrogens with zero attached hydrogens (tertiary/aromatic N) is 4. The van der Waals surface area contributed by atoms with Crippen LogP contribution in [0.25, 0.3) is 6.08 Å². The average Bonchev–Trinajstić information content (AvgIpc) is 3.07. The first-order valence-electron chi connectivity index (χ1n) is 7.58. The van der Waals surface area contributed by atoms with Crippen LogP contribution in [-0.2, 0) is 17.9 Å². The van der Waals surface area contributed by atoms with Crippen molar-refractivity contribution in [2.75, 3.05) is 6.54 Å². The van der Waals surface area contributed by atoms with E-state index in [-0.39, 0.29) is 5.91 Å². The second-order valence-corrected chi connectivity index (χ2v) is 5.20. The third-order valence-corrected chi connectivity index (χ3v) is 3.49. The Bertz CT molecular complexity index is 653. The number of rotatable bonds is 7. The monoisotopic (exact) mass is 301 g/mol. The Labute approximate surface area is 130 Å².